The van der Waals surface area contributed by atoms with Crippen LogP contribution in [0.5, 0.6) is 0 Å². The van der Waals surface area contributed by atoms with Gasteiger partial charge in [0, 0.05) is 13.2 Å². The average Bonchev–Trinajstić information content (AvgIpc) is 2.95. The molecule has 2 fully saturated rings. The maximum atomic E-state index is 12.0. The van der Waals surface area contributed by atoms with Crippen LogP contribution < -0.4 is 11.1 Å². The fourth-order valence-corrected chi connectivity index (χ4v) is 2.62. The first-order valence-electron chi connectivity index (χ1n) is 5.72. The van der Waals surface area contributed by atoms with Crippen LogP contribution in [0.25, 0.3) is 0 Å². The molecule has 0 bridgehead atoms. The van der Waals surface area contributed by atoms with Crippen molar-refractivity contribution in [3.63, 3.8) is 0 Å². The maximum absolute atomic E-state index is 12.0. The first-order chi connectivity index (χ1) is 7.58. The Morgan fingerprint density at radius 1 is 1.50 bits per heavy atom. The van der Waals surface area contributed by atoms with Gasteiger partial charge in [-0.2, -0.15) is 0 Å². The Kier molecular flexibility index (Phi) is 3.17. The van der Waals surface area contributed by atoms with Crippen molar-refractivity contribution in [1.29, 1.82) is 0 Å². The highest BCUT2D eigenvalue weighted by Gasteiger charge is 2.53. The van der Waals surface area contributed by atoms with Gasteiger partial charge in [0.2, 0.25) is 5.91 Å². The molecule has 0 aliphatic heterocycles. The van der Waals surface area contributed by atoms with Gasteiger partial charge in [0.05, 0.1) is 16.5 Å². The molecule has 0 radical (unpaired) electrons. The van der Waals surface area contributed by atoms with Crippen molar-refractivity contribution >= 4 is 23.1 Å². The molecule has 0 aromatic carbocycles. The highest BCUT2D eigenvalue weighted by atomic mass is 32.1. The summed E-state index contributed by atoms with van der Waals surface area (Å²) in [5.41, 5.74) is 5.08. The predicted molar refractivity (Wildman–Crippen MR) is 65.0 cm³/mol. The number of hydrogen-bond acceptors (Lipinski definition) is 3. The monoisotopic (exact) mass is 242 g/mol. The van der Waals surface area contributed by atoms with Crippen LogP contribution in [0.15, 0.2) is 0 Å². The van der Waals surface area contributed by atoms with Crippen LogP contribution in [0, 0.1) is 5.41 Å². The van der Waals surface area contributed by atoms with Crippen molar-refractivity contribution in [2.24, 2.45) is 11.1 Å². The van der Waals surface area contributed by atoms with E-state index in [1.54, 1.807) is 7.11 Å². The summed E-state index contributed by atoms with van der Waals surface area (Å²) in [6.45, 7) is 0. The molecule has 0 aromatic rings. The second-order valence-corrected chi connectivity index (χ2v) is 5.23. The third kappa shape index (κ3) is 2.06. The van der Waals surface area contributed by atoms with Crippen molar-refractivity contribution in [1.82, 2.24) is 5.32 Å². The summed E-state index contributed by atoms with van der Waals surface area (Å²) in [6.07, 6.45) is 4.78. The van der Waals surface area contributed by atoms with Crippen LogP contribution >= 0.6 is 12.2 Å². The van der Waals surface area contributed by atoms with E-state index in [9.17, 15) is 4.79 Å². The van der Waals surface area contributed by atoms with Crippen molar-refractivity contribution in [3.8, 4) is 0 Å². The van der Waals surface area contributed by atoms with E-state index in [-0.39, 0.29) is 18.1 Å². The van der Waals surface area contributed by atoms with Gasteiger partial charge < -0.3 is 15.8 Å². The quantitative estimate of drug-likeness (QED) is 0.714. The molecule has 2 aliphatic carbocycles. The SMILES string of the molecule is COC1CCC(NC(=O)C2(C(N)=S)CC2)C1. The van der Waals surface area contributed by atoms with E-state index in [0.717, 1.165) is 32.1 Å². The molecule has 2 rings (SSSR count). The number of nitrogens with two attached hydrogens (primary N) is 1. The zero-order valence-electron chi connectivity index (χ0n) is 9.49. The number of amides is 1. The summed E-state index contributed by atoms with van der Waals surface area (Å²) in [4.78, 5) is 12.3. The van der Waals surface area contributed by atoms with Gasteiger partial charge in [-0.1, -0.05) is 12.2 Å². The topological polar surface area (TPSA) is 64.3 Å². The lowest BCUT2D eigenvalue weighted by Crippen LogP contribution is -2.43. The first kappa shape index (κ1) is 11.8. The minimum absolute atomic E-state index is 0.0155. The summed E-state index contributed by atoms with van der Waals surface area (Å²) in [6, 6.07) is 0.226. The van der Waals surface area contributed by atoms with Crippen LogP contribution in [0.3, 0.4) is 0 Å². The molecule has 1 amide bonds. The van der Waals surface area contributed by atoms with Gasteiger partial charge >= 0.3 is 0 Å². The number of nitrogens with one attached hydrogen (secondary N) is 1. The molecular weight excluding hydrogens is 224 g/mol. The van der Waals surface area contributed by atoms with Crippen molar-refractivity contribution in [3.05, 3.63) is 0 Å². The van der Waals surface area contributed by atoms with E-state index >= 15 is 0 Å². The Hall–Kier alpha value is -0.680. The Bertz CT molecular complexity index is 315. The van der Waals surface area contributed by atoms with E-state index in [1.165, 1.54) is 0 Å². The van der Waals surface area contributed by atoms with Crippen molar-refractivity contribution in [2.75, 3.05) is 7.11 Å². The van der Waals surface area contributed by atoms with E-state index in [1.807, 2.05) is 0 Å². The normalized spacial score (nSPS) is 31.1. The molecule has 0 saturated heterocycles. The highest BCUT2D eigenvalue weighted by Crippen LogP contribution is 2.46. The largest absolute Gasteiger partial charge is 0.392 e. The van der Waals surface area contributed by atoms with E-state index < -0.39 is 5.41 Å². The molecule has 0 heterocycles. The first-order valence-corrected chi connectivity index (χ1v) is 6.13. The standard InChI is InChI=1S/C11H18N2O2S/c1-15-8-3-2-7(6-8)13-10(14)11(4-5-11)9(12)16/h7-8H,2-6H2,1H3,(H2,12,16)(H,13,14). The van der Waals surface area contributed by atoms with E-state index in [4.69, 9.17) is 22.7 Å². The minimum atomic E-state index is -0.527. The molecule has 90 valence electrons. The summed E-state index contributed by atoms with van der Waals surface area (Å²) in [5.74, 6) is 0.0155. The van der Waals surface area contributed by atoms with E-state index in [2.05, 4.69) is 5.32 Å². The van der Waals surface area contributed by atoms with Gasteiger partial charge in [0.25, 0.3) is 0 Å². The number of carbonyl (C=O) groups excluding carboxylic acids is 1. The van der Waals surface area contributed by atoms with Crippen LogP contribution in [0.4, 0.5) is 0 Å². The number of methoxy groups -OCH3 is 1. The molecule has 3 N–H and O–H groups in total. The van der Waals surface area contributed by atoms with E-state index in [0.29, 0.717) is 4.99 Å². The predicted octanol–water partition coefficient (Wildman–Crippen LogP) is 0.736. The summed E-state index contributed by atoms with van der Waals surface area (Å²) < 4.78 is 5.27. The van der Waals surface area contributed by atoms with Crippen LogP contribution in [-0.4, -0.2) is 30.2 Å². The minimum Gasteiger partial charge on any atom is -0.392 e. The summed E-state index contributed by atoms with van der Waals surface area (Å²) >= 11 is 4.95. The number of rotatable bonds is 4. The highest BCUT2D eigenvalue weighted by molar-refractivity contribution is 7.80. The molecule has 2 saturated carbocycles. The fraction of sp³-hybridized carbons (Fsp3) is 0.818. The lowest BCUT2D eigenvalue weighted by molar-refractivity contribution is -0.124. The smallest absolute Gasteiger partial charge is 0.233 e. The Morgan fingerprint density at radius 2 is 2.19 bits per heavy atom. The van der Waals surface area contributed by atoms with Crippen molar-refractivity contribution < 1.29 is 9.53 Å². The molecule has 5 heteroatoms. The number of ether oxygens (including phenoxy) is 1. The van der Waals surface area contributed by atoms with Gasteiger partial charge in [-0.25, -0.2) is 0 Å². The maximum Gasteiger partial charge on any atom is 0.233 e. The molecule has 16 heavy (non-hydrogen) atoms. The molecule has 2 unspecified atom stereocenters. The summed E-state index contributed by atoms with van der Waals surface area (Å²) in [7, 11) is 1.71. The molecule has 0 spiro atoms. The zero-order valence-corrected chi connectivity index (χ0v) is 10.3. The van der Waals surface area contributed by atoms with Gasteiger partial charge in [0.15, 0.2) is 0 Å². The third-order valence-electron chi connectivity index (χ3n) is 3.71. The molecule has 2 aliphatic rings. The van der Waals surface area contributed by atoms with Gasteiger partial charge in [-0.05, 0) is 32.1 Å². The van der Waals surface area contributed by atoms with Gasteiger partial charge in [-0.15, -0.1) is 0 Å². The second-order valence-electron chi connectivity index (χ2n) is 4.79. The number of carbonyl (C=O) groups is 1. The van der Waals surface area contributed by atoms with Crippen LogP contribution in [-0.2, 0) is 9.53 Å². The summed E-state index contributed by atoms with van der Waals surface area (Å²) in [5, 5.41) is 3.04. The lowest BCUT2D eigenvalue weighted by atomic mass is 10.1. The Labute approximate surface area is 101 Å². The lowest BCUT2D eigenvalue weighted by Gasteiger charge is -2.18. The van der Waals surface area contributed by atoms with Gasteiger partial charge in [-0.3, -0.25) is 4.79 Å². The van der Waals surface area contributed by atoms with Gasteiger partial charge in [0.1, 0.15) is 0 Å². The number of hydrogen-bond donors (Lipinski definition) is 2. The fourth-order valence-electron chi connectivity index (χ4n) is 2.32. The second kappa shape index (κ2) is 4.30. The third-order valence-corrected chi connectivity index (χ3v) is 4.10. The molecule has 4 nitrogen and oxygen atoms in total. The zero-order chi connectivity index (χ0) is 11.8. The van der Waals surface area contributed by atoms with Crippen LogP contribution in [0.2, 0.25) is 0 Å². The Balaban J connectivity index is 1.87. The number of thiocarbonyl (C=S) groups is 1. The average molecular weight is 242 g/mol. The van der Waals surface area contributed by atoms with Crippen LogP contribution in [0.1, 0.15) is 32.1 Å². The molecular formula is C11H18N2O2S. The van der Waals surface area contributed by atoms with Crippen molar-refractivity contribution in [2.45, 2.75) is 44.2 Å². The Morgan fingerprint density at radius 3 is 2.62 bits per heavy atom. The molecule has 2 atom stereocenters. The molecule has 0 aromatic heterocycles.